The molecule has 0 aliphatic heterocycles. The molecule has 1 aromatic rings. The quantitative estimate of drug-likeness (QED) is 0.920. The lowest BCUT2D eigenvalue weighted by Crippen LogP contribution is -2.36. The molecule has 1 heterocycles. The largest absolute Gasteiger partial charge is 0.453 e. The van der Waals surface area contributed by atoms with Gasteiger partial charge in [-0.15, -0.1) is 0 Å². The average molecular weight is 289 g/mol. The number of carbonyl (C=O) groups excluding carboxylic acids is 1. The van der Waals surface area contributed by atoms with E-state index in [9.17, 15) is 18.0 Å². The number of nitrogens with one attached hydrogen (secondary N) is 1. The number of amides is 1. The van der Waals surface area contributed by atoms with Gasteiger partial charge in [-0.05, 0) is 18.9 Å². The molecule has 0 spiro atoms. The second-order valence-electron chi connectivity index (χ2n) is 4.56. The molecule has 2 rings (SSSR count). The molecule has 1 aromatic heterocycles. The van der Waals surface area contributed by atoms with Gasteiger partial charge >= 0.3 is 12.2 Å². The van der Waals surface area contributed by atoms with E-state index in [4.69, 9.17) is 4.74 Å². The molecule has 1 saturated carbocycles. The fourth-order valence-corrected chi connectivity index (χ4v) is 2.04. The molecule has 0 unspecified atom stereocenters. The number of hydrogen-bond donors (Lipinski definition) is 1. The highest BCUT2D eigenvalue weighted by Crippen LogP contribution is 2.27. The first-order valence-corrected chi connectivity index (χ1v) is 6.27. The first kappa shape index (κ1) is 14.5. The third kappa shape index (κ3) is 4.07. The van der Waals surface area contributed by atoms with Gasteiger partial charge in [-0.2, -0.15) is 18.2 Å². The van der Waals surface area contributed by atoms with Gasteiger partial charge in [-0.3, -0.25) is 4.79 Å². The van der Waals surface area contributed by atoms with E-state index in [0.717, 1.165) is 37.9 Å². The molecule has 8 heteroatoms. The standard InChI is InChI=1S/C12H14F3N3O2/c13-12(14,15)9-5-6-16-11(18-9)20-7-10(19)17-8-3-1-2-4-8/h5-6,8H,1-4,7H2,(H,17,19). The van der Waals surface area contributed by atoms with E-state index in [1.807, 2.05) is 0 Å². The molecule has 5 nitrogen and oxygen atoms in total. The Balaban J connectivity index is 1.85. The lowest BCUT2D eigenvalue weighted by Gasteiger charge is -2.12. The minimum Gasteiger partial charge on any atom is -0.453 e. The molecule has 1 aliphatic carbocycles. The van der Waals surface area contributed by atoms with Crippen LogP contribution in [0.2, 0.25) is 0 Å². The molecule has 0 radical (unpaired) electrons. The van der Waals surface area contributed by atoms with Crippen molar-refractivity contribution in [3.63, 3.8) is 0 Å². The molecule has 1 amide bonds. The monoisotopic (exact) mass is 289 g/mol. The Kier molecular flexibility index (Phi) is 4.41. The Bertz CT molecular complexity index is 473. The summed E-state index contributed by atoms with van der Waals surface area (Å²) in [6.45, 7) is -0.391. The van der Waals surface area contributed by atoms with Crippen LogP contribution in [0.4, 0.5) is 13.2 Å². The Hall–Kier alpha value is -1.86. The number of aromatic nitrogens is 2. The number of nitrogens with zero attached hydrogens (tertiary/aromatic N) is 2. The van der Waals surface area contributed by atoms with Crippen LogP contribution in [0.1, 0.15) is 31.4 Å². The van der Waals surface area contributed by atoms with Crippen LogP contribution in [0.3, 0.4) is 0 Å². The predicted molar refractivity (Wildman–Crippen MR) is 62.9 cm³/mol. The van der Waals surface area contributed by atoms with Gasteiger partial charge in [0.2, 0.25) is 0 Å². The Morgan fingerprint density at radius 3 is 2.75 bits per heavy atom. The summed E-state index contributed by atoms with van der Waals surface area (Å²) in [7, 11) is 0. The first-order valence-electron chi connectivity index (χ1n) is 6.27. The molecule has 0 aromatic carbocycles. The van der Waals surface area contributed by atoms with Gasteiger partial charge in [0.05, 0.1) is 0 Å². The summed E-state index contributed by atoms with van der Waals surface area (Å²) in [5, 5.41) is 2.75. The molecule has 1 N–H and O–H groups in total. The van der Waals surface area contributed by atoms with Crippen LogP contribution >= 0.6 is 0 Å². The average Bonchev–Trinajstić information content (AvgIpc) is 2.88. The van der Waals surface area contributed by atoms with Gasteiger partial charge in [-0.1, -0.05) is 12.8 Å². The SMILES string of the molecule is O=C(COc1nccc(C(F)(F)F)n1)NC1CCCC1. The normalized spacial score (nSPS) is 16.1. The van der Waals surface area contributed by atoms with Crippen LogP contribution in [-0.4, -0.2) is 28.5 Å². The minimum absolute atomic E-state index is 0.133. The van der Waals surface area contributed by atoms with Crippen LogP contribution in [0, 0.1) is 0 Å². The lowest BCUT2D eigenvalue weighted by molar-refractivity contribution is -0.141. The van der Waals surface area contributed by atoms with Gasteiger partial charge in [0.1, 0.15) is 0 Å². The zero-order valence-electron chi connectivity index (χ0n) is 10.6. The maximum Gasteiger partial charge on any atom is 0.433 e. The predicted octanol–water partition coefficient (Wildman–Crippen LogP) is 1.93. The Morgan fingerprint density at radius 1 is 1.40 bits per heavy atom. The van der Waals surface area contributed by atoms with Crippen molar-refractivity contribution in [1.29, 1.82) is 0 Å². The van der Waals surface area contributed by atoms with Crippen molar-refractivity contribution in [1.82, 2.24) is 15.3 Å². The van der Waals surface area contributed by atoms with Crippen molar-refractivity contribution in [2.45, 2.75) is 37.9 Å². The molecule has 1 aliphatic rings. The van der Waals surface area contributed by atoms with E-state index < -0.39 is 24.5 Å². The summed E-state index contributed by atoms with van der Waals surface area (Å²) in [4.78, 5) is 18.3. The number of halogens is 3. The van der Waals surface area contributed by atoms with Crippen LogP contribution in [-0.2, 0) is 11.0 Å². The van der Waals surface area contributed by atoms with Gasteiger partial charge < -0.3 is 10.1 Å². The molecular formula is C12H14F3N3O2. The summed E-state index contributed by atoms with van der Waals surface area (Å²) in [6.07, 6.45) is 0.371. The van der Waals surface area contributed by atoms with Crippen molar-refractivity contribution in [3.05, 3.63) is 18.0 Å². The summed E-state index contributed by atoms with van der Waals surface area (Å²) in [6, 6.07) is 0.417. The molecule has 0 atom stereocenters. The third-order valence-corrected chi connectivity index (χ3v) is 2.98. The number of carbonyl (C=O) groups is 1. The molecule has 0 saturated heterocycles. The van der Waals surface area contributed by atoms with Crippen LogP contribution in [0.15, 0.2) is 12.3 Å². The zero-order valence-corrected chi connectivity index (χ0v) is 10.6. The third-order valence-electron chi connectivity index (χ3n) is 2.98. The second-order valence-corrected chi connectivity index (χ2v) is 4.56. The smallest absolute Gasteiger partial charge is 0.433 e. The highest BCUT2D eigenvalue weighted by molar-refractivity contribution is 5.77. The number of rotatable bonds is 4. The Morgan fingerprint density at radius 2 is 2.10 bits per heavy atom. The minimum atomic E-state index is -4.56. The van der Waals surface area contributed by atoms with E-state index in [0.29, 0.717) is 0 Å². The van der Waals surface area contributed by atoms with Gasteiger partial charge in [0.25, 0.3) is 5.91 Å². The summed E-state index contributed by atoms with van der Waals surface area (Å²) in [5.41, 5.74) is -1.10. The van der Waals surface area contributed by atoms with Crippen molar-refractivity contribution in [3.8, 4) is 6.01 Å². The summed E-state index contributed by atoms with van der Waals surface area (Å²) >= 11 is 0. The first-order chi connectivity index (χ1) is 9.45. The van der Waals surface area contributed by atoms with Gasteiger partial charge in [0.15, 0.2) is 12.3 Å². The van der Waals surface area contributed by atoms with E-state index in [2.05, 4.69) is 15.3 Å². The van der Waals surface area contributed by atoms with Crippen molar-refractivity contribution in [2.75, 3.05) is 6.61 Å². The molecular weight excluding hydrogens is 275 g/mol. The van der Waals surface area contributed by atoms with E-state index in [-0.39, 0.29) is 11.9 Å². The topological polar surface area (TPSA) is 64.1 Å². The van der Waals surface area contributed by atoms with Crippen LogP contribution in [0.25, 0.3) is 0 Å². The molecule has 110 valence electrons. The molecule has 20 heavy (non-hydrogen) atoms. The summed E-state index contributed by atoms with van der Waals surface area (Å²) < 4.78 is 42.1. The highest BCUT2D eigenvalue weighted by Gasteiger charge is 2.33. The zero-order chi connectivity index (χ0) is 14.6. The van der Waals surface area contributed by atoms with Crippen molar-refractivity contribution in [2.24, 2.45) is 0 Å². The van der Waals surface area contributed by atoms with Crippen molar-refractivity contribution >= 4 is 5.91 Å². The lowest BCUT2D eigenvalue weighted by atomic mass is 10.2. The number of alkyl halides is 3. The van der Waals surface area contributed by atoms with Gasteiger partial charge in [0, 0.05) is 12.2 Å². The van der Waals surface area contributed by atoms with Crippen molar-refractivity contribution < 1.29 is 22.7 Å². The number of hydrogen-bond acceptors (Lipinski definition) is 4. The Labute approximate surface area is 113 Å². The van der Waals surface area contributed by atoms with E-state index in [1.165, 1.54) is 0 Å². The molecule has 0 bridgehead atoms. The maximum absolute atomic E-state index is 12.4. The highest BCUT2D eigenvalue weighted by atomic mass is 19.4. The fourth-order valence-electron chi connectivity index (χ4n) is 2.04. The fraction of sp³-hybridized carbons (Fsp3) is 0.583. The van der Waals surface area contributed by atoms with E-state index >= 15 is 0 Å². The second kappa shape index (κ2) is 6.06. The maximum atomic E-state index is 12.4. The summed E-state index contributed by atoms with van der Waals surface area (Å²) in [5.74, 6) is -0.377. The molecule has 1 fully saturated rings. The van der Waals surface area contributed by atoms with E-state index in [1.54, 1.807) is 0 Å². The number of ether oxygens (including phenoxy) is 1. The van der Waals surface area contributed by atoms with Gasteiger partial charge in [-0.25, -0.2) is 4.98 Å². The van der Waals surface area contributed by atoms with Crippen LogP contribution < -0.4 is 10.1 Å². The van der Waals surface area contributed by atoms with Crippen LogP contribution in [0.5, 0.6) is 6.01 Å².